The summed E-state index contributed by atoms with van der Waals surface area (Å²) in [5.74, 6) is 6.36. The van der Waals surface area contributed by atoms with Crippen molar-refractivity contribution in [3.63, 3.8) is 0 Å². The van der Waals surface area contributed by atoms with E-state index in [0.717, 1.165) is 32.1 Å². The highest BCUT2D eigenvalue weighted by atomic mass is 16.6. The van der Waals surface area contributed by atoms with Gasteiger partial charge in [-0.2, -0.15) is 0 Å². The number of ether oxygens (including phenoxy) is 2. The van der Waals surface area contributed by atoms with E-state index in [1.807, 2.05) is 13.8 Å². The van der Waals surface area contributed by atoms with Crippen LogP contribution in [0.1, 0.15) is 46.0 Å². The Kier molecular flexibility index (Phi) is 7.35. The van der Waals surface area contributed by atoms with Crippen molar-refractivity contribution in [2.24, 2.45) is 5.92 Å². The first-order chi connectivity index (χ1) is 9.24. The van der Waals surface area contributed by atoms with Crippen molar-refractivity contribution in [2.45, 2.75) is 52.2 Å². The molecule has 0 bridgehead atoms. The zero-order valence-corrected chi connectivity index (χ0v) is 12.3. The highest BCUT2D eigenvalue weighted by Gasteiger charge is 2.33. The van der Waals surface area contributed by atoms with Gasteiger partial charge in [0.1, 0.15) is 6.23 Å². The number of hydrogen-bond acceptors (Lipinski definition) is 3. The number of carbonyl (C=O) groups excluding carboxylic acids is 1. The Bertz CT molecular complexity index is 332. The molecule has 1 rings (SSSR count). The molecule has 0 aliphatic carbocycles. The molecule has 1 saturated heterocycles. The summed E-state index contributed by atoms with van der Waals surface area (Å²) in [7, 11) is 1.42. The summed E-state index contributed by atoms with van der Waals surface area (Å²) in [5.41, 5.74) is 0. The lowest BCUT2D eigenvalue weighted by molar-refractivity contribution is -0.0762. The summed E-state index contributed by atoms with van der Waals surface area (Å²) in [6.45, 7) is 5.14. The minimum absolute atomic E-state index is 0.168. The third kappa shape index (κ3) is 4.76. The Balaban J connectivity index is 2.77. The van der Waals surface area contributed by atoms with E-state index < -0.39 is 0 Å². The summed E-state index contributed by atoms with van der Waals surface area (Å²) < 4.78 is 10.7. The summed E-state index contributed by atoms with van der Waals surface area (Å²) in [6, 6.07) is 0. The van der Waals surface area contributed by atoms with Crippen molar-refractivity contribution < 1.29 is 14.3 Å². The van der Waals surface area contributed by atoms with Crippen LogP contribution in [0.15, 0.2) is 0 Å². The van der Waals surface area contributed by atoms with E-state index in [0.29, 0.717) is 19.1 Å². The monoisotopic (exact) mass is 267 g/mol. The molecule has 1 aliphatic rings. The van der Waals surface area contributed by atoms with Gasteiger partial charge in [0.2, 0.25) is 0 Å². The third-order valence-electron chi connectivity index (χ3n) is 3.50. The van der Waals surface area contributed by atoms with E-state index in [1.54, 1.807) is 4.90 Å². The van der Waals surface area contributed by atoms with Crippen molar-refractivity contribution in [3.8, 4) is 11.8 Å². The number of rotatable bonds is 4. The normalized spacial score (nSPS) is 23.2. The van der Waals surface area contributed by atoms with Crippen LogP contribution in [0.2, 0.25) is 0 Å². The van der Waals surface area contributed by atoms with Crippen LogP contribution in [0, 0.1) is 17.8 Å². The van der Waals surface area contributed by atoms with Crippen molar-refractivity contribution in [3.05, 3.63) is 0 Å². The van der Waals surface area contributed by atoms with Gasteiger partial charge in [0.15, 0.2) is 0 Å². The Hall–Kier alpha value is -1.21. The second-order valence-corrected chi connectivity index (χ2v) is 4.73. The molecule has 0 aromatic heterocycles. The van der Waals surface area contributed by atoms with Gasteiger partial charge in [0.25, 0.3) is 0 Å². The molecule has 19 heavy (non-hydrogen) atoms. The molecule has 0 radical (unpaired) electrons. The average molecular weight is 267 g/mol. The summed E-state index contributed by atoms with van der Waals surface area (Å²) in [5, 5.41) is 0. The molecule has 0 aromatic carbocycles. The van der Waals surface area contributed by atoms with E-state index >= 15 is 0 Å². The Morgan fingerprint density at radius 2 is 2.21 bits per heavy atom. The second-order valence-electron chi connectivity index (χ2n) is 4.73. The number of likely N-dealkylation sites (tertiary alicyclic amines) is 1. The van der Waals surface area contributed by atoms with Gasteiger partial charge < -0.3 is 9.47 Å². The maximum atomic E-state index is 11.9. The van der Waals surface area contributed by atoms with Gasteiger partial charge in [-0.25, -0.2) is 4.79 Å². The van der Waals surface area contributed by atoms with Crippen molar-refractivity contribution in [2.75, 3.05) is 20.3 Å². The van der Waals surface area contributed by atoms with Crippen molar-refractivity contribution >= 4 is 6.09 Å². The first kappa shape index (κ1) is 15.8. The first-order valence-corrected chi connectivity index (χ1v) is 7.10. The smallest absolute Gasteiger partial charge is 0.411 e. The lowest BCUT2D eigenvalue weighted by Crippen LogP contribution is -2.45. The molecule has 0 saturated carbocycles. The van der Waals surface area contributed by atoms with Crippen LogP contribution in [-0.2, 0) is 9.47 Å². The highest BCUT2D eigenvalue weighted by Crippen LogP contribution is 2.28. The minimum Gasteiger partial charge on any atom is -0.453 e. The van der Waals surface area contributed by atoms with E-state index in [9.17, 15) is 4.79 Å². The minimum atomic E-state index is -0.285. The second kappa shape index (κ2) is 8.82. The first-order valence-electron chi connectivity index (χ1n) is 7.10. The molecule has 1 amide bonds. The lowest BCUT2D eigenvalue weighted by atomic mass is 9.96. The zero-order chi connectivity index (χ0) is 14.1. The highest BCUT2D eigenvalue weighted by molar-refractivity contribution is 5.67. The maximum Gasteiger partial charge on any atom is 0.411 e. The van der Waals surface area contributed by atoms with Crippen LogP contribution in [0.4, 0.5) is 4.79 Å². The molecule has 108 valence electrons. The molecular weight excluding hydrogens is 242 g/mol. The van der Waals surface area contributed by atoms with E-state index in [4.69, 9.17) is 9.47 Å². The molecule has 0 N–H and O–H groups in total. The van der Waals surface area contributed by atoms with Crippen LogP contribution in [0.3, 0.4) is 0 Å². The van der Waals surface area contributed by atoms with Gasteiger partial charge in [-0.1, -0.05) is 6.42 Å². The van der Waals surface area contributed by atoms with Crippen LogP contribution < -0.4 is 0 Å². The van der Waals surface area contributed by atoms with E-state index in [-0.39, 0.29) is 12.3 Å². The summed E-state index contributed by atoms with van der Waals surface area (Å²) in [6.07, 6.45) is 4.60. The van der Waals surface area contributed by atoms with Crippen LogP contribution in [0.25, 0.3) is 0 Å². The zero-order valence-electron chi connectivity index (χ0n) is 12.3. The molecule has 4 nitrogen and oxygen atoms in total. The molecule has 0 spiro atoms. The molecule has 1 heterocycles. The number of nitrogens with zero attached hydrogens (tertiary/aromatic N) is 1. The fraction of sp³-hybridized carbons (Fsp3) is 0.800. The summed E-state index contributed by atoms with van der Waals surface area (Å²) in [4.78, 5) is 13.6. The molecule has 2 atom stereocenters. The topological polar surface area (TPSA) is 38.8 Å². The number of methoxy groups -OCH3 is 1. The molecule has 1 aliphatic heterocycles. The van der Waals surface area contributed by atoms with Gasteiger partial charge in [-0.15, -0.1) is 11.8 Å². The standard InChI is InChI=1S/C15H25NO3/c1-4-6-7-10-13-11-8-9-12-16(15(17)18-3)14(13)19-5-2/h13-14H,5,7-12H2,1-3H3. The SMILES string of the molecule is CC#CCCC1CCCCN(C(=O)OC)C1OCC. The summed E-state index contributed by atoms with van der Waals surface area (Å²) >= 11 is 0. The van der Waals surface area contributed by atoms with Gasteiger partial charge >= 0.3 is 6.09 Å². The molecule has 1 fully saturated rings. The van der Waals surface area contributed by atoms with Gasteiger partial charge in [0, 0.05) is 25.5 Å². The van der Waals surface area contributed by atoms with Crippen LogP contribution in [0.5, 0.6) is 0 Å². The lowest BCUT2D eigenvalue weighted by Gasteiger charge is -2.33. The maximum absolute atomic E-state index is 11.9. The van der Waals surface area contributed by atoms with Crippen molar-refractivity contribution in [1.29, 1.82) is 0 Å². The molecule has 4 heteroatoms. The number of amides is 1. The Morgan fingerprint density at radius 1 is 1.42 bits per heavy atom. The van der Waals surface area contributed by atoms with Gasteiger partial charge in [-0.3, -0.25) is 4.90 Å². The predicted molar refractivity (Wildman–Crippen MR) is 74.6 cm³/mol. The molecular formula is C15H25NO3. The molecule has 0 aromatic rings. The Morgan fingerprint density at radius 3 is 2.84 bits per heavy atom. The van der Waals surface area contributed by atoms with Crippen LogP contribution in [-0.4, -0.2) is 37.5 Å². The van der Waals surface area contributed by atoms with Gasteiger partial charge in [0.05, 0.1) is 7.11 Å². The van der Waals surface area contributed by atoms with Crippen molar-refractivity contribution in [1.82, 2.24) is 4.90 Å². The van der Waals surface area contributed by atoms with E-state index in [1.165, 1.54) is 7.11 Å². The van der Waals surface area contributed by atoms with Gasteiger partial charge in [-0.05, 0) is 33.1 Å². The predicted octanol–water partition coefficient (Wildman–Crippen LogP) is 3.02. The van der Waals surface area contributed by atoms with Crippen LogP contribution >= 0.6 is 0 Å². The third-order valence-corrected chi connectivity index (χ3v) is 3.50. The van der Waals surface area contributed by atoms with E-state index in [2.05, 4.69) is 11.8 Å². The number of carbonyl (C=O) groups is 1. The fourth-order valence-electron chi connectivity index (χ4n) is 2.59. The fourth-order valence-corrected chi connectivity index (χ4v) is 2.59. The molecule has 2 unspecified atom stereocenters. The Labute approximate surface area is 116 Å². The largest absolute Gasteiger partial charge is 0.453 e. The number of hydrogen-bond donors (Lipinski definition) is 0. The average Bonchev–Trinajstić information content (AvgIpc) is 2.62. The quantitative estimate of drug-likeness (QED) is 0.735.